The van der Waals surface area contributed by atoms with E-state index in [4.69, 9.17) is 21.1 Å². The number of benzene rings is 3. The highest BCUT2D eigenvalue weighted by molar-refractivity contribution is 8.18. The van der Waals surface area contributed by atoms with Crippen LogP contribution in [-0.4, -0.2) is 22.7 Å². The lowest BCUT2D eigenvalue weighted by atomic mass is 10.1. The minimum Gasteiger partial charge on any atom is -0.490 e. The van der Waals surface area contributed by atoms with E-state index in [0.29, 0.717) is 40.9 Å². The molecule has 0 aromatic heterocycles. The van der Waals surface area contributed by atoms with Gasteiger partial charge in [-0.2, -0.15) is 0 Å². The lowest BCUT2D eigenvalue weighted by molar-refractivity contribution is -0.123. The summed E-state index contributed by atoms with van der Waals surface area (Å²) in [6.07, 6.45) is 1.61. The van der Waals surface area contributed by atoms with Gasteiger partial charge in [0.2, 0.25) is 0 Å². The van der Waals surface area contributed by atoms with Crippen LogP contribution in [0.15, 0.2) is 65.6 Å². The molecule has 3 aromatic carbocycles. The third-order valence-corrected chi connectivity index (χ3v) is 6.58. The maximum Gasteiger partial charge on any atom is 0.293 e. The molecule has 0 atom stereocenters. The summed E-state index contributed by atoms with van der Waals surface area (Å²) in [6.45, 7) is 4.66. The number of ether oxygens (including phenoxy) is 2. The maximum absolute atomic E-state index is 13.2. The van der Waals surface area contributed by atoms with Crippen molar-refractivity contribution in [3.8, 4) is 11.5 Å². The normalized spacial score (nSPS) is 14.6. The third-order valence-electron chi connectivity index (χ3n) is 5.39. The van der Waals surface area contributed by atoms with Crippen molar-refractivity contribution in [3.63, 3.8) is 0 Å². The van der Waals surface area contributed by atoms with Gasteiger partial charge < -0.3 is 9.47 Å². The van der Waals surface area contributed by atoms with Crippen LogP contribution in [0.25, 0.3) is 6.08 Å². The Balaban J connectivity index is 1.55. The molecule has 0 saturated carbocycles. The van der Waals surface area contributed by atoms with Crippen molar-refractivity contribution >= 4 is 40.6 Å². The monoisotopic (exact) mass is 511 g/mol. The van der Waals surface area contributed by atoms with Crippen molar-refractivity contribution in [1.29, 1.82) is 0 Å². The summed E-state index contributed by atoms with van der Waals surface area (Å²) < 4.78 is 24.9. The summed E-state index contributed by atoms with van der Waals surface area (Å²) in [5.74, 6) is 0.0677. The van der Waals surface area contributed by atoms with Crippen molar-refractivity contribution in [2.24, 2.45) is 0 Å². The molecule has 0 bridgehead atoms. The first-order valence-electron chi connectivity index (χ1n) is 11.0. The van der Waals surface area contributed by atoms with E-state index in [-0.39, 0.29) is 22.5 Å². The zero-order chi connectivity index (χ0) is 24.9. The lowest BCUT2D eigenvalue weighted by Gasteiger charge is -2.15. The van der Waals surface area contributed by atoms with E-state index in [9.17, 15) is 14.0 Å². The molecule has 5 nitrogen and oxygen atoms in total. The Hall–Kier alpha value is -3.29. The zero-order valence-corrected chi connectivity index (χ0v) is 20.8. The molecule has 4 rings (SSSR count). The van der Waals surface area contributed by atoms with Gasteiger partial charge in [-0.15, -0.1) is 0 Å². The van der Waals surface area contributed by atoms with Gasteiger partial charge in [-0.05, 0) is 78.2 Å². The predicted molar refractivity (Wildman–Crippen MR) is 136 cm³/mol. The highest BCUT2D eigenvalue weighted by Crippen LogP contribution is 2.40. The predicted octanol–water partition coefficient (Wildman–Crippen LogP) is 7.00. The number of amides is 2. The molecule has 3 aromatic rings. The fourth-order valence-electron chi connectivity index (χ4n) is 3.56. The second kappa shape index (κ2) is 11.0. The number of carbonyl (C=O) groups is 2. The van der Waals surface area contributed by atoms with Crippen LogP contribution >= 0.6 is 23.4 Å². The first-order valence-corrected chi connectivity index (χ1v) is 12.2. The molecule has 0 spiro atoms. The number of hydrogen-bond donors (Lipinski definition) is 0. The van der Waals surface area contributed by atoms with Crippen LogP contribution in [-0.2, 0) is 17.9 Å². The van der Waals surface area contributed by atoms with E-state index in [1.807, 2.05) is 38.1 Å². The van der Waals surface area contributed by atoms with Crippen LogP contribution in [0.1, 0.15) is 29.2 Å². The van der Waals surface area contributed by atoms with E-state index in [1.165, 1.54) is 12.1 Å². The Labute approximate surface area is 212 Å². The number of rotatable bonds is 8. The molecular formula is C27H23ClFNO4S. The lowest BCUT2D eigenvalue weighted by Crippen LogP contribution is -2.27. The first kappa shape index (κ1) is 24.8. The van der Waals surface area contributed by atoms with Crippen LogP contribution in [0.3, 0.4) is 0 Å². The van der Waals surface area contributed by atoms with Gasteiger partial charge in [0.25, 0.3) is 11.1 Å². The zero-order valence-electron chi connectivity index (χ0n) is 19.2. The van der Waals surface area contributed by atoms with Gasteiger partial charge >= 0.3 is 0 Å². The van der Waals surface area contributed by atoms with Gasteiger partial charge in [0.1, 0.15) is 12.4 Å². The molecule has 0 aliphatic carbocycles. The molecule has 1 aliphatic rings. The summed E-state index contributed by atoms with van der Waals surface area (Å²) in [6, 6.07) is 17.0. The number of hydrogen-bond acceptors (Lipinski definition) is 5. The second-order valence-corrected chi connectivity index (χ2v) is 9.27. The molecule has 2 amide bonds. The second-order valence-electron chi connectivity index (χ2n) is 7.87. The van der Waals surface area contributed by atoms with Crippen LogP contribution in [0.2, 0.25) is 5.02 Å². The molecule has 180 valence electrons. The van der Waals surface area contributed by atoms with E-state index < -0.39 is 5.91 Å². The number of carbonyl (C=O) groups excluding carboxylic acids is 2. The number of thioether (sulfide) groups is 1. The number of halogens is 2. The Bertz CT molecular complexity index is 1290. The molecule has 1 fully saturated rings. The third kappa shape index (κ3) is 5.86. The van der Waals surface area contributed by atoms with Gasteiger partial charge in [-0.25, -0.2) is 4.39 Å². The summed E-state index contributed by atoms with van der Waals surface area (Å²) >= 11 is 7.39. The minimum absolute atomic E-state index is 0.0684. The quantitative estimate of drug-likeness (QED) is 0.305. The standard InChI is InChI=1S/C27H23ClFNO4S/c1-3-33-23-13-19(12-22(28)25(23)34-16-20-7-5-4-6-17(20)2)14-24-26(31)30(27(32)35-24)15-18-8-10-21(29)11-9-18/h4-14H,3,15-16H2,1-2H3/b24-14-. The molecule has 1 saturated heterocycles. The van der Waals surface area contributed by atoms with Crippen molar-refractivity contribution in [2.45, 2.75) is 27.0 Å². The van der Waals surface area contributed by atoms with Crippen molar-refractivity contribution in [2.75, 3.05) is 6.61 Å². The molecule has 35 heavy (non-hydrogen) atoms. The van der Waals surface area contributed by atoms with E-state index >= 15 is 0 Å². The van der Waals surface area contributed by atoms with E-state index in [2.05, 4.69) is 0 Å². The Kier molecular flexibility index (Phi) is 7.78. The summed E-state index contributed by atoms with van der Waals surface area (Å²) in [4.78, 5) is 26.8. The van der Waals surface area contributed by atoms with Crippen LogP contribution in [0.5, 0.6) is 11.5 Å². The topological polar surface area (TPSA) is 55.8 Å². The SMILES string of the molecule is CCOc1cc(/C=C2\SC(=O)N(Cc3ccc(F)cc3)C2=O)cc(Cl)c1OCc1ccccc1C. The Morgan fingerprint density at radius 3 is 2.51 bits per heavy atom. The number of nitrogens with zero attached hydrogens (tertiary/aromatic N) is 1. The van der Waals surface area contributed by atoms with Crippen molar-refractivity contribution < 1.29 is 23.5 Å². The molecular weight excluding hydrogens is 489 g/mol. The van der Waals surface area contributed by atoms with Gasteiger partial charge in [0.15, 0.2) is 11.5 Å². The van der Waals surface area contributed by atoms with Crippen LogP contribution in [0, 0.1) is 12.7 Å². The van der Waals surface area contributed by atoms with Crippen LogP contribution in [0.4, 0.5) is 9.18 Å². The Morgan fingerprint density at radius 1 is 1.06 bits per heavy atom. The Morgan fingerprint density at radius 2 is 1.80 bits per heavy atom. The molecule has 0 unspecified atom stereocenters. The van der Waals surface area contributed by atoms with Crippen molar-refractivity contribution in [3.05, 3.63) is 98.7 Å². The van der Waals surface area contributed by atoms with Gasteiger partial charge in [-0.3, -0.25) is 14.5 Å². The highest BCUT2D eigenvalue weighted by Gasteiger charge is 2.35. The maximum atomic E-state index is 13.2. The first-order chi connectivity index (χ1) is 16.9. The number of aryl methyl sites for hydroxylation is 1. The minimum atomic E-state index is -0.418. The van der Waals surface area contributed by atoms with Gasteiger partial charge in [-0.1, -0.05) is 48.0 Å². The van der Waals surface area contributed by atoms with E-state index in [0.717, 1.165) is 27.8 Å². The molecule has 1 heterocycles. The fourth-order valence-corrected chi connectivity index (χ4v) is 4.67. The van der Waals surface area contributed by atoms with E-state index in [1.54, 1.807) is 30.3 Å². The summed E-state index contributed by atoms with van der Waals surface area (Å²) in [5.41, 5.74) is 3.40. The van der Waals surface area contributed by atoms with Crippen LogP contribution < -0.4 is 9.47 Å². The number of imide groups is 1. The van der Waals surface area contributed by atoms with Gasteiger partial charge in [0, 0.05) is 0 Å². The van der Waals surface area contributed by atoms with Crippen molar-refractivity contribution in [1.82, 2.24) is 4.90 Å². The summed E-state index contributed by atoms with van der Waals surface area (Å²) in [5, 5.41) is -0.0544. The highest BCUT2D eigenvalue weighted by atomic mass is 35.5. The smallest absolute Gasteiger partial charge is 0.293 e. The average Bonchev–Trinajstić information content (AvgIpc) is 3.08. The molecule has 8 heteroatoms. The fraction of sp³-hybridized carbons (Fsp3) is 0.185. The largest absolute Gasteiger partial charge is 0.490 e. The van der Waals surface area contributed by atoms with Gasteiger partial charge in [0.05, 0.1) is 23.1 Å². The molecule has 1 aliphatic heterocycles. The molecule has 0 N–H and O–H groups in total. The summed E-state index contributed by atoms with van der Waals surface area (Å²) in [7, 11) is 0. The average molecular weight is 512 g/mol. The molecule has 0 radical (unpaired) electrons.